The van der Waals surface area contributed by atoms with Gasteiger partial charge >= 0.3 is 0 Å². The van der Waals surface area contributed by atoms with Gasteiger partial charge in [0.25, 0.3) is 0 Å². The third-order valence-corrected chi connectivity index (χ3v) is 5.66. The van der Waals surface area contributed by atoms with E-state index < -0.39 is 11.6 Å². The fraction of sp³-hybridized carbons (Fsp3) is 0.280. The van der Waals surface area contributed by atoms with Crippen LogP contribution < -0.4 is 4.74 Å². The minimum atomic E-state index is -1.09. The van der Waals surface area contributed by atoms with Crippen LogP contribution in [0, 0.1) is 23.4 Å². The van der Waals surface area contributed by atoms with Gasteiger partial charge in [-0.15, -0.1) is 0 Å². The van der Waals surface area contributed by atoms with E-state index in [2.05, 4.69) is 6.92 Å². The summed E-state index contributed by atoms with van der Waals surface area (Å²) in [6.45, 7) is 2.58. The van der Waals surface area contributed by atoms with E-state index in [0.717, 1.165) is 18.4 Å². The maximum atomic E-state index is 14.8. The van der Waals surface area contributed by atoms with Crippen molar-refractivity contribution in [1.82, 2.24) is 0 Å². The summed E-state index contributed by atoms with van der Waals surface area (Å²) in [5.41, 5.74) is 2.49. The van der Waals surface area contributed by atoms with E-state index in [4.69, 9.17) is 17.3 Å². The topological polar surface area (TPSA) is 18.5 Å². The summed E-state index contributed by atoms with van der Waals surface area (Å²) in [5, 5.41) is 0. The molecule has 0 bridgehead atoms. The molecular formula is C25H22BF3O2. The molecule has 1 aliphatic rings. The number of benzene rings is 3. The van der Waals surface area contributed by atoms with Crippen LogP contribution in [0.2, 0.25) is 0 Å². The first-order valence-corrected chi connectivity index (χ1v) is 10.3. The van der Waals surface area contributed by atoms with E-state index in [1.54, 1.807) is 30.3 Å². The highest BCUT2D eigenvalue weighted by Gasteiger charge is 2.21. The van der Waals surface area contributed by atoms with Crippen molar-refractivity contribution in [3.63, 3.8) is 0 Å². The van der Waals surface area contributed by atoms with Gasteiger partial charge < -0.3 is 9.47 Å². The normalized spacial score (nSPS) is 18.7. The van der Waals surface area contributed by atoms with Crippen molar-refractivity contribution >= 4 is 7.85 Å². The third-order valence-electron chi connectivity index (χ3n) is 5.66. The smallest absolute Gasteiger partial charge is 0.201 e. The van der Waals surface area contributed by atoms with Crippen molar-refractivity contribution in [2.75, 3.05) is 13.1 Å². The lowest BCUT2D eigenvalue weighted by Crippen LogP contribution is -2.18. The van der Waals surface area contributed by atoms with E-state index in [0.29, 0.717) is 29.2 Å². The van der Waals surface area contributed by atoms with E-state index in [1.165, 1.54) is 18.2 Å². The van der Waals surface area contributed by atoms with Crippen molar-refractivity contribution in [2.24, 2.45) is 5.92 Å². The van der Waals surface area contributed by atoms with E-state index in [-0.39, 0.29) is 29.7 Å². The summed E-state index contributed by atoms with van der Waals surface area (Å²) in [6, 6.07) is 14.6. The van der Waals surface area contributed by atoms with Gasteiger partial charge in [-0.2, -0.15) is 4.39 Å². The maximum Gasteiger partial charge on any atom is 0.201 e. The zero-order chi connectivity index (χ0) is 22.0. The van der Waals surface area contributed by atoms with Gasteiger partial charge in [-0.05, 0) is 53.6 Å². The molecule has 0 spiro atoms. The Morgan fingerprint density at radius 3 is 2.19 bits per heavy atom. The van der Waals surface area contributed by atoms with Gasteiger partial charge in [0.05, 0.1) is 6.10 Å². The molecule has 3 aromatic rings. The molecule has 2 unspecified atom stereocenters. The number of ether oxygens (including phenoxy) is 2. The van der Waals surface area contributed by atoms with Crippen molar-refractivity contribution in [1.29, 1.82) is 0 Å². The van der Waals surface area contributed by atoms with Crippen LogP contribution in [0.5, 0.6) is 5.75 Å². The molecule has 1 aliphatic heterocycles. The van der Waals surface area contributed by atoms with Gasteiger partial charge in [0.15, 0.2) is 11.6 Å². The first-order valence-electron chi connectivity index (χ1n) is 10.3. The Morgan fingerprint density at radius 2 is 1.58 bits per heavy atom. The maximum absolute atomic E-state index is 14.8. The fourth-order valence-corrected chi connectivity index (χ4v) is 3.90. The number of rotatable bonds is 5. The van der Waals surface area contributed by atoms with Gasteiger partial charge in [-0.3, -0.25) is 0 Å². The Kier molecular flexibility index (Phi) is 6.37. The van der Waals surface area contributed by atoms with Crippen molar-refractivity contribution in [3.8, 4) is 28.0 Å². The molecule has 0 aliphatic carbocycles. The van der Waals surface area contributed by atoms with Crippen LogP contribution >= 0.6 is 0 Å². The van der Waals surface area contributed by atoms with Crippen LogP contribution in [0.15, 0.2) is 54.6 Å². The van der Waals surface area contributed by atoms with Crippen LogP contribution in [-0.2, 0) is 4.74 Å². The summed E-state index contributed by atoms with van der Waals surface area (Å²) in [4.78, 5) is 0. The minimum Gasteiger partial charge on any atom is -0.500 e. The Labute approximate surface area is 181 Å². The molecule has 0 amide bonds. The Bertz CT molecular complexity index is 1060. The third kappa shape index (κ3) is 4.49. The first kappa shape index (κ1) is 21.5. The van der Waals surface area contributed by atoms with Gasteiger partial charge in [0, 0.05) is 24.2 Å². The molecule has 2 nitrogen and oxygen atoms in total. The second-order valence-corrected chi connectivity index (χ2v) is 7.87. The molecular weight excluding hydrogens is 400 g/mol. The summed E-state index contributed by atoms with van der Waals surface area (Å²) in [5.74, 6) is -2.16. The second kappa shape index (κ2) is 9.19. The average molecular weight is 422 g/mol. The number of hydrogen-bond donors (Lipinski definition) is 0. The van der Waals surface area contributed by atoms with Gasteiger partial charge in [-0.1, -0.05) is 43.3 Å². The predicted octanol–water partition coefficient (Wildman–Crippen LogP) is 6.43. The number of halogens is 3. The standard InChI is InChI=1S/C25H22BF3O2/c1-15-2-10-22(30-13-15)18-7-8-19(21(27)12-18)16-3-5-17(6-4-16)20-9-11-23(31-14-26)25(29)24(20)28/h3-9,11-12,15,22H,2,10,13-14H2,1H3. The van der Waals surface area contributed by atoms with E-state index in [9.17, 15) is 13.2 Å². The Morgan fingerprint density at radius 1 is 0.903 bits per heavy atom. The summed E-state index contributed by atoms with van der Waals surface area (Å²) >= 11 is 0. The second-order valence-electron chi connectivity index (χ2n) is 7.87. The molecule has 1 heterocycles. The van der Waals surface area contributed by atoms with Crippen LogP contribution in [0.25, 0.3) is 22.3 Å². The molecule has 1 saturated heterocycles. The molecule has 2 radical (unpaired) electrons. The zero-order valence-electron chi connectivity index (χ0n) is 17.2. The van der Waals surface area contributed by atoms with E-state index in [1.807, 2.05) is 6.07 Å². The molecule has 6 heteroatoms. The molecule has 2 atom stereocenters. The lowest BCUT2D eigenvalue weighted by Gasteiger charge is -2.27. The molecule has 1 fully saturated rings. The van der Waals surface area contributed by atoms with Crippen LogP contribution in [0.3, 0.4) is 0 Å². The average Bonchev–Trinajstić information content (AvgIpc) is 2.78. The molecule has 0 saturated carbocycles. The highest BCUT2D eigenvalue weighted by molar-refractivity contribution is 6.08. The minimum absolute atomic E-state index is 0.0776. The highest BCUT2D eigenvalue weighted by atomic mass is 19.2. The monoisotopic (exact) mass is 422 g/mol. The molecule has 3 aromatic carbocycles. The molecule has 4 rings (SSSR count). The lowest BCUT2D eigenvalue weighted by atomic mass is 9.94. The largest absolute Gasteiger partial charge is 0.500 e. The van der Waals surface area contributed by atoms with Gasteiger partial charge in [0.1, 0.15) is 13.7 Å². The van der Waals surface area contributed by atoms with Crippen molar-refractivity contribution in [3.05, 3.63) is 77.6 Å². The van der Waals surface area contributed by atoms with Gasteiger partial charge in [0.2, 0.25) is 5.82 Å². The van der Waals surface area contributed by atoms with Crippen LogP contribution in [-0.4, -0.2) is 21.0 Å². The molecule has 158 valence electrons. The first-order chi connectivity index (χ1) is 15.0. The zero-order valence-corrected chi connectivity index (χ0v) is 17.2. The van der Waals surface area contributed by atoms with E-state index >= 15 is 0 Å². The SMILES string of the molecule is [B]COc1ccc(-c2ccc(-c3ccc(C4CCC(C)CO4)cc3F)cc2)c(F)c1F. The molecule has 0 aromatic heterocycles. The summed E-state index contributed by atoms with van der Waals surface area (Å²) < 4.78 is 54.1. The Hall–Kier alpha value is -2.73. The van der Waals surface area contributed by atoms with Crippen molar-refractivity contribution in [2.45, 2.75) is 25.9 Å². The Balaban J connectivity index is 1.57. The number of hydrogen-bond acceptors (Lipinski definition) is 2. The van der Waals surface area contributed by atoms with Gasteiger partial charge in [-0.25, -0.2) is 8.78 Å². The summed E-state index contributed by atoms with van der Waals surface area (Å²) in [6.07, 6.45) is 1.86. The summed E-state index contributed by atoms with van der Waals surface area (Å²) in [7, 11) is 5.22. The van der Waals surface area contributed by atoms with Crippen LogP contribution in [0.4, 0.5) is 13.2 Å². The quantitative estimate of drug-likeness (QED) is 0.441. The highest BCUT2D eigenvalue weighted by Crippen LogP contribution is 2.34. The molecule has 0 N–H and O–H groups in total. The van der Waals surface area contributed by atoms with Crippen molar-refractivity contribution < 1.29 is 22.6 Å². The predicted molar refractivity (Wildman–Crippen MR) is 116 cm³/mol. The van der Waals surface area contributed by atoms with Crippen LogP contribution in [0.1, 0.15) is 31.4 Å². The fourth-order valence-electron chi connectivity index (χ4n) is 3.90. The lowest BCUT2D eigenvalue weighted by molar-refractivity contribution is -0.0125. The molecule has 31 heavy (non-hydrogen) atoms.